The number of nitrogens with one attached hydrogen (secondary N) is 2. The molecule has 2 aromatic carbocycles. The monoisotopic (exact) mass is 487 g/mol. The van der Waals surface area contributed by atoms with E-state index in [2.05, 4.69) is 33.5 Å². The molecule has 2 aromatic rings. The number of aliphatic hydroxyl groups is 1. The van der Waals surface area contributed by atoms with Crippen LogP contribution < -0.4 is 20.3 Å². The van der Waals surface area contributed by atoms with Gasteiger partial charge in [0.2, 0.25) is 0 Å². The number of carbonyl (C=O) groups is 2. The van der Waals surface area contributed by atoms with Crippen molar-refractivity contribution < 1.29 is 19.4 Å². The number of anilines is 2. The fourth-order valence-corrected chi connectivity index (χ4v) is 4.79. The van der Waals surface area contributed by atoms with Gasteiger partial charge in [0.25, 0.3) is 11.6 Å². The number of carbonyl (C=O) groups excluding carboxylic acids is 2. The van der Waals surface area contributed by atoms with E-state index in [-0.39, 0.29) is 6.04 Å². The number of rotatable bonds is 4. The quantitative estimate of drug-likeness (QED) is 0.597. The first kappa shape index (κ1) is 21.6. The average molecular weight is 488 g/mol. The molecule has 1 aliphatic carbocycles. The van der Waals surface area contributed by atoms with Crippen molar-refractivity contribution in [3.8, 4) is 5.75 Å². The molecule has 31 heavy (non-hydrogen) atoms. The Labute approximate surface area is 189 Å². The first-order chi connectivity index (χ1) is 14.8. The third kappa shape index (κ3) is 3.90. The zero-order valence-electron chi connectivity index (χ0n) is 17.5. The van der Waals surface area contributed by atoms with Crippen LogP contribution in [0.5, 0.6) is 5.75 Å². The highest BCUT2D eigenvalue weighted by atomic mass is 79.9. The van der Waals surface area contributed by atoms with Crippen LogP contribution in [-0.4, -0.2) is 30.2 Å². The minimum absolute atomic E-state index is 0.0574. The number of hydrogen-bond acceptors (Lipinski definition) is 4. The Morgan fingerprint density at radius 3 is 2.77 bits per heavy atom. The maximum absolute atomic E-state index is 13.7. The molecule has 1 fully saturated rings. The Kier molecular flexibility index (Phi) is 5.94. The summed E-state index contributed by atoms with van der Waals surface area (Å²) in [5, 5.41) is 17.8. The predicted octanol–water partition coefficient (Wildman–Crippen LogP) is 4.35. The Balaban J connectivity index is 1.82. The molecule has 1 saturated carbocycles. The average Bonchev–Trinajstić information content (AvgIpc) is 2.76. The van der Waals surface area contributed by atoms with E-state index in [1.807, 2.05) is 0 Å². The van der Waals surface area contributed by atoms with E-state index in [1.165, 1.54) is 7.11 Å². The lowest BCUT2D eigenvalue weighted by molar-refractivity contribution is -0.141. The molecule has 3 N–H and O–H groups in total. The highest BCUT2D eigenvalue weighted by molar-refractivity contribution is 9.10. The van der Waals surface area contributed by atoms with Crippen molar-refractivity contribution in [2.24, 2.45) is 5.92 Å². The zero-order chi connectivity index (χ0) is 22.2. The third-order valence-corrected chi connectivity index (χ3v) is 6.67. The largest absolute Gasteiger partial charge is 0.497 e. The Morgan fingerprint density at radius 2 is 2.03 bits per heavy atom. The second-order valence-electron chi connectivity index (χ2n) is 8.17. The molecule has 3 atom stereocenters. The van der Waals surface area contributed by atoms with Crippen molar-refractivity contribution in [2.45, 2.75) is 44.4 Å². The van der Waals surface area contributed by atoms with E-state index >= 15 is 0 Å². The molecule has 1 heterocycles. The summed E-state index contributed by atoms with van der Waals surface area (Å²) < 4.78 is 5.97. The SMILES string of the molecule is COc1cccc(N2C(=O)Nc3ccc(Br)cc3C2(O)C(=O)NC2CCCCC2C)c1. The van der Waals surface area contributed by atoms with Crippen molar-refractivity contribution >= 4 is 39.2 Å². The molecule has 0 bridgehead atoms. The van der Waals surface area contributed by atoms with Crippen molar-refractivity contribution in [1.82, 2.24) is 5.32 Å². The topological polar surface area (TPSA) is 90.9 Å². The van der Waals surface area contributed by atoms with Gasteiger partial charge in [0, 0.05) is 22.1 Å². The molecule has 7 nitrogen and oxygen atoms in total. The van der Waals surface area contributed by atoms with Crippen molar-refractivity contribution in [1.29, 1.82) is 0 Å². The van der Waals surface area contributed by atoms with E-state index in [9.17, 15) is 14.7 Å². The molecule has 0 saturated heterocycles. The minimum Gasteiger partial charge on any atom is -0.497 e. The summed E-state index contributed by atoms with van der Waals surface area (Å²) in [4.78, 5) is 27.9. The van der Waals surface area contributed by atoms with Crippen LogP contribution in [0.15, 0.2) is 46.9 Å². The summed E-state index contributed by atoms with van der Waals surface area (Å²) in [5.74, 6) is 0.184. The van der Waals surface area contributed by atoms with Crippen LogP contribution in [0.1, 0.15) is 38.2 Å². The van der Waals surface area contributed by atoms with Crippen LogP contribution in [0.4, 0.5) is 16.2 Å². The van der Waals surface area contributed by atoms with Crippen LogP contribution in [0.3, 0.4) is 0 Å². The predicted molar refractivity (Wildman–Crippen MR) is 122 cm³/mol. The second kappa shape index (κ2) is 8.51. The van der Waals surface area contributed by atoms with Gasteiger partial charge < -0.3 is 20.5 Å². The van der Waals surface area contributed by atoms with Gasteiger partial charge in [-0.25, -0.2) is 4.79 Å². The highest BCUT2D eigenvalue weighted by Gasteiger charge is 2.52. The summed E-state index contributed by atoms with van der Waals surface area (Å²) in [6, 6.07) is 11.1. The third-order valence-electron chi connectivity index (χ3n) is 6.18. The number of methoxy groups -OCH3 is 1. The smallest absolute Gasteiger partial charge is 0.329 e. The molecule has 2 aliphatic rings. The summed E-state index contributed by atoms with van der Waals surface area (Å²) in [6.07, 6.45) is 4.02. The van der Waals surface area contributed by atoms with Gasteiger partial charge in [0.05, 0.1) is 18.5 Å². The number of ether oxygens (including phenoxy) is 1. The Hall–Kier alpha value is -2.58. The summed E-state index contributed by atoms with van der Waals surface area (Å²) in [6.45, 7) is 2.10. The number of hydrogen-bond donors (Lipinski definition) is 3. The number of amides is 3. The lowest BCUT2D eigenvalue weighted by Gasteiger charge is -2.44. The normalized spacial score (nSPS) is 25.4. The zero-order valence-corrected chi connectivity index (χ0v) is 19.1. The van der Waals surface area contributed by atoms with E-state index in [1.54, 1.807) is 42.5 Å². The van der Waals surface area contributed by atoms with E-state index in [0.717, 1.165) is 30.6 Å². The van der Waals surface area contributed by atoms with E-state index in [4.69, 9.17) is 4.74 Å². The maximum Gasteiger partial charge on any atom is 0.329 e. The van der Waals surface area contributed by atoms with Crippen LogP contribution in [-0.2, 0) is 10.5 Å². The van der Waals surface area contributed by atoms with E-state index in [0.29, 0.717) is 33.1 Å². The van der Waals surface area contributed by atoms with Crippen molar-refractivity contribution in [3.05, 3.63) is 52.5 Å². The van der Waals surface area contributed by atoms with E-state index < -0.39 is 17.7 Å². The Bertz CT molecular complexity index is 1010. The maximum atomic E-state index is 13.7. The molecule has 0 radical (unpaired) electrons. The van der Waals surface area contributed by atoms with Gasteiger partial charge in [-0.2, -0.15) is 0 Å². The molecule has 1 aliphatic heterocycles. The second-order valence-corrected chi connectivity index (χ2v) is 9.09. The fraction of sp³-hybridized carbons (Fsp3) is 0.391. The molecule has 3 amide bonds. The molecule has 164 valence electrons. The highest BCUT2D eigenvalue weighted by Crippen LogP contribution is 2.42. The van der Waals surface area contributed by atoms with Gasteiger partial charge in [0.15, 0.2) is 0 Å². The lowest BCUT2D eigenvalue weighted by Crippen LogP contribution is -2.64. The van der Waals surface area contributed by atoms with Gasteiger partial charge in [-0.3, -0.25) is 9.69 Å². The van der Waals surface area contributed by atoms with Crippen LogP contribution >= 0.6 is 15.9 Å². The standard InChI is InChI=1S/C23H26BrN3O4/c1-14-6-3-4-9-19(14)25-21(28)23(30)18-12-15(24)10-11-20(18)26-22(29)27(23)16-7-5-8-17(13-16)31-2/h5,7-8,10-14,19,30H,3-4,6,9H2,1-2H3,(H,25,28)(H,26,29). The molecule has 4 rings (SSSR count). The van der Waals surface area contributed by atoms with Gasteiger partial charge >= 0.3 is 6.03 Å². The summed E-state index contributed by atoms with van der Waals surface area (Å²) in [5.41, 5.74) is -1.20. The van der Waals surface area contributed by atoms with Gasteiger partial charge in [-0.1, -0.05) is 41.8 Å². The summed E-state index contributed by atoms with van der Waals surface area (Å²) in [7, 11) is 1.52. The van der Waals surface area contributed by atoms with Crippen molar-refractivity contribution in [3.63, 3.8) is 0 Å². The first-order valence-electron chi connectivity index (χ1n) is 10.4. The van der Waals surface area contributed by atoms with Gasteiger partial charge in [-0.15, -0.1) is 0 Å². The molecular weight excluding hydrogens is 462 g/mol. The Morgan fingerprint density at radius 1 is 1.26 bits per heavy atom. The number of fused-ring (bicyclic) bond motifs is 1. The number of halogens is 1. The van der Waals surface area contributed by atoms with Gasteiger partial charge in [-0.05, 0) is 49.1 Å². The molecule has 8 heteroatoms. The lowest BCUT2D eigenvalue weighted by atomic mass is 9.85. The minimum atomic E-state index is -2.23. The molecule has 0 spiro atoms. The number of urea groups is 1. The van der Waals surface area contributed by atoms with Crippen molar-refractivity contribution in [2.75, 3.05) is 17.3 Å². The first-order valence-corrected chi connectivity index (χ1v) is 11.2. The molecule has 0 aromatic heterocycles. The fourth-order valence-electron chi connectivity index (χ4n) is 4.43. The van der Waals surface area contributed by atoms with Crippen LogP contribution in [0.25, 0.3) is 0 Å². The molecular formula is C23H26BrN3O4. The summed E-state index contributed by atoms with van der Waals surface area (Å²) >= 11 is 3.42. The number of benzene rings is 2. The number of nitrogens with zero attached hydrogens (tertiary/aromatic N) is 1. The van der Waals surface area contributed by atoms with Crippen LogP contribution in [0.2, 0.25) is 0 Å². The van der Waals surface area contributed by atoms with Gasteiger partial charge in [0.1, 0.15) is 5.75 Å². The molecule has 3 unspecified atom stereocenters. The van der Waals surface area contributed by atoms with Crippen LogP contribution in [0, 0.1) is 5.92 Å².